The van der Waals surface area contributed by atoms with Crippen LogP contribution in [0.25, 0.3) is 5.69 Å². The van der Waals surface area contributed by atoms with Crippen LogP contribution in [0.15, 0.2) is 60.9 Å². The van der Waals surface area contributed by atoms with Crippen LogP contribution in [-0.2, 0) is 0 Å². The largest absolute Gasteiger partial charge is 0.325 e. The third-order valence-corrected chi connectivity index (χ3v) is 3.28. The Morgan fingerprint density at radius 2 is 1.80 bits per heavy atom. The first-order chi connectivity index (χ1) is 9.74. The standard InChI is InChI=1S/C17H17N3/c1-13-8-9-16(14(2)12-13)20-11-10-18-17(20)19-15-6-4-3-5-7-15/h3-12H,1-2H3,(H,18,19). The Morgan fingerprint density at radius 3 is 2.55 bits per heavy atom. The minimum atomic E-state index is 0.822. The van der Waals surface area contributed by atoms with Gasteiger partial charge in [-0.25, -0.2) is 4.98 Å². The molecule has 0 radical (unpaired) electrons. The topological polar surface area (TPSA) is 29.9 Å². The van der Waals surface area contributed by atoms with Crippen LogP contribution in [0.3, 0.4) is 0 Å². The molecule has 3 rings (SSSR count). The molecule has 3 nitrogen and oxygen atoms in total. The average molecular weight is 263 g/mol. The molecule has 0 aliphatic carbocycles. The second-order valence-electron chi connectivity index (χ2n) is 4.90. The van der Waals surface area contributed by atoms with Gasteiger partial charge in [0.1, 0.15) is 0 Å². The van der Waals surface area contributed by atoms with Crippen LogP contribution in [0, 0.1) is 13.8 Å². The van der Waals surface area contributed by atoms with Crippen LogP contribution in [0.4, 0.5) is 11.6 Å². The molecule has 0 aliphatic rings. The van der Waals surface area contributed by atoms with Crippen molar-refractivity contribution in [3.63, 3.8) is 0 Å². The molecule has 0 amide bonds. The van der Waals surface area contributed by atoms with Crippen molar-refractivity contribution in [3.05, 3.63) is 72.1 Å². The van der Waals surface area contributed by atoms with Gasteiger partial charge in [-0.15, -0.1) is 0 Å². The Bertz CT molecular complexity index is 714. The molecule has 100 valence electrons. The van der Waals surface area contributed by atoms with E-state index in [1.54, 1.807) is 0 Å². The molecule has 0 saturated heterocycles. The Morgan fingerprint density at radius 1 is 1.00 bits per heavy atom. The number of para-hydroxylation sites is 1. The van der Waals surface area contributed by atoms with Gasteiger partial charge in [0, 0.05) is 18.1 Å². The van der Waals surface area contributed by atoms with E-state index in [-0.39, 0.29) is 0 Å². The smallest absolute Gasteiger partial charge is 0.212 e. The maximum Gasteiger partial charge on any atom is 0.212 e. The quantitative estimate of drug-likeness (QED) is 0.766. The maximum absolute atomic E-state index is 4.40. The van der Waals surface area contributed by atoms with Crippen LogP contribution < -0.4 is 5.32 Å². The van der Waals surface area contributed by atoms with Gasteiger partial charge in [-0.1, -0.05) is 35.9 Å². The second kappa shape index (κ2) is 5.21. The van der Waals surface area contributed by atoms with Crippen molar-refractivity contribution >= 4 is 11.6 Å². The van der Waals surface area contributed by atoms with E-state index >= 15 is 0 Å². The van der Waals surface area contributed by atoms with E-state index in [0.29, 0.717) is 0 Å². The number of anilines is 2. The minimum absolute atomic E-state index is 0.822. The molecule has 2 aromatic carbocycles. The summed E-state index contributed by atoms with van der Waals surface area (Å²) in [6, 6.07) is 16.5. The van der Waals surface area contributed by atoms with Gasteiger partial charge in [0.15, 0.2) is 0 Å². The highest BCUT2D eigenvalue weighted by Gasteiger charge is 2.07. The first kappa shape index (κ1) is 12.5. The average Bonchev–Trinajstić information content (AvgIpc) is 2.88. The number of aromatic nitrogens is 2. The molecule has 1 heterocycles. The van der Waals surface area contributed by atoms with E-state index in [0.717, 1.165) is 17.3 Å². The van der Waals surface area contributed by atoms with Gasteiger partial charge in [0.25, 0.3) is 0 Å². The SMILES string of the molecule is Cc1ccc(-n2ccnc2Nc2ccccc2)c(C)c1. The van der Waals surface area contributed by atoms with Gasteiger partial charge in [0.05, 0.1) is 5.69 Å². The zero-order valence-electron chi connectivity index (χ0n) is 11.7. The van der Waals surface area contributed by atoms with Crippen molar-refractivity contribution in [3.8, 4) is 5.69 Å². The highest BCUT2D eigenvalue weighted by atomic mass is 15.2. The predicted molar refractivity (Wildman–Crippen MR) is 82.8 cm³/mol. The molecule has 0 bridgehead atoms. The fourth-order valence-electron chi connectivity index (χ4n) is 2.32. The number of aryl methyl sites for hydroxylation is 2. The number of hydrogen-bond acceptors (Lipinski definition) is 2. The van der Waals surface area contributed by atoms with E-state index in [1.165, 1.54) is 11.1 Å². The predicted octanol–water partition coefficient (Wildman–Crippen LogP) is 4.23. The molecule has 3 aromatic rings. The molecule has 0 aliphatic heterocycles. The van der Waals surface area contributed by atoms with Crippen molar-refractivity contribution in [2.24, 2.45) is 0 Å². The summed E-state index contributed by atoms with van der Waals surface area (Å²) in [5.74, 6) is 0.822. The first-order valence-electron chi connectivity index (χ1n) is 6.67. The Hall–Kier alpha value is -2.55. The van der Waals surface area contributed by atoms with Crippen molar-refractivity contribution < 1.29 is 0 Å². The lowest BCUT2D eigenvalue weighted by Crippen LogP contribution is -2.02. The lowest BCUT2D eigenvalue weighted by Gasteiger charge is -2.12. The van der Waals surface area contributed by atoms with E-state index in [1.807, 2.05) is 42.7 Å². The van der Waals surface area contributed by atoms with Gasteiger partial charge in [0.2, 0.25) is 5.95 Å². The van der Waals surface area contributed by atoms with Gasteiger partial charge in [-0.05, 0) is 37.6 Å². The summed E-state index contributed by atoms with van der Waals surface area (Å²) in [6.45, 7) is 4.22. The Kier molecular flexibility index (Phi) is 3.25. The molecule has 0 unspecified atom stereocenters. The molecule has 1 N–H and O–H groups in total. The Balaban J connectivity index is 1.98. The normalized spacial score (nSPS) is 10.5. The maximum atomic E-state index is 4.40. The van der Waals surface area contributed by atoms with Crippen molar-refractivity contribution in [2.75, 3.05) is 5.32 Å². The third kappa shape index (κ3) is 2.43. The number of nitrogens with zero attached hydrogens (tertiary/aromatic N) is 2. The van der Waals surface area contributed by atoms with Crippen molar-refractivity contribution in [1.29, 1.82) is 0 Å². The van der Waals surface area contributed by atoms with Crippen LogP contribution in [0.5, 0.6) is 0 Å². The van der Waals surface area contributed by atoms with Crippen LogP contribution in [-0.4, -0.2) is 9.55 Å². The van der Waals surface area contributed by atoms with E-state index < -0.39 is 0 Å². The van der Waals surface area contributed by atoms with Crippen LogP contribution in [0.2, 0.25) is 0 Å². The zero-order valence-corrected chi connectivity index (χ0v) is 11.7. The summed E-state index contributed by atoms with van der Waals surface area (Å²) in [4.78, 5) is 4.40. The number of nitrogens with one attached hydrogen (secondary N) is 1. The number of rotatable bonds is 3. The molecule has 0 spiro atoms. The van der Waals surface area contributed by atoms with Gasteiger partial charge in [-0.3, -0.25) is 4.57 Å². The van der Waals surface area contributed by atoms with Crippen LogP contribution in [0.1, 0.15) is 11.1 Å². The molecule has 0 fully saturated rings. The fourth-order valence-corrected chi connectivity index (χ4v) is 2.32. The van der Waals surface area contributed by atoms with Gasteiger partial charge in [-0.2, -0.15) is 0 Å². The minimum Gasteiger partial charge on any atom is -0.325 e. The summed E-state index contributed by atoms with van der Waals surface area (Å²) >= 11 is 0. The second-order valence-corrected chi connectivity index (χ2v) is 4.90. The summed E-state index contributed by atoms with van der Waals surface area (Å²) in [7, 11) is 0. The van der Waals surface area contributed by atoms with Crippen LogP contribution >= 0.6 is 0 Å². The third-order valence-electron chi connectivity index (χ3n) is 3.28. The zero-order chi connectivity index (χ0) is 13.9. The molecular weight excluding hydrogens is 246 g/mol. The molecular formula is C17H17N3. The summed E-state index contributed by atoms with van der Waals surface area (Å²) in [6.07, 6.45) is 3.79. The lowest BCUT2D eigenvalue weighted by atomic mass is 10.1. The van der Waals surface area contributed by atoms with E-state index in [4.69, 9.17) is 0 Å². The van der Waals surface area contributed by atoms with Gasteiger partial charge >= 0.3 is 0 Å². The number of hydrogen-bond donors (Lipinski definition) is 1. The summed E-state index contributed by atoms with van der Waals surface area (Å²) < 4.78 is 2.07. The summed E-state index contributed by atoms with van der Waals surface area (Å²) in [5, 5.41) is 3.34. The van der Waals surface area contributed by atoms with Crippen molar-refractivity contribution in [1.82, 2.24) is 9.55 Å². The molecule has 0 atom stereocenters. The molecule has 3 heteroatoms. The highest BCUT2D eigenvalue weighted by molar-refractivity contribution is 5.57. The molecule has 0 saturated carbocycles. The lowest BCUT2D eigenvalue weighted by molar-refractivity contribution is 1.04. The number of benzene rings is 2. The van der Waals surface area contributed by atoms with Crippen molar-refractivity contribution in [2.45, 2.75) is 13.8 Å². The number of imidazole rings is 1. The van der Waals surface area contributed by atoms with Gasteiger partial charge < -0.3 is 5.32 Å². The first-order valence-corrected chi connectivity index (χ1v) is 6.67. The monoisotopic (exact) mass is 263 g/mol. The Labute approximate surface area is 118 Å². The fraction of sp³-hybridized carbons (Fsp3) is 0.118. The highest BCUT2D eigenvalue weighted by Crippen LogP contribution is 2.22. The van der Waals surface area contributed by atoms with E-state index in [9.17, 15) is 0 Å². The van der Waals surface area contributed by atoms with E-state index in [2.05, 4.69) is 46.9 Å². The molecule has 20 heavy (non-hydrogen) atoms. The summed E-state index contributed by atoms with van der Waals surface area (Å²) in [5.41, 5.74) is 4.68. The molecule has 1 aromatic heterocycles.